The first-order valence-electron chi connectivity index (χ1n) is 12.7. The molecule has 2 aliphatic heterocycles. The molecule has 0 radical (unpaired) electrons. The number of phosphoric acid groups is 2. The molecule has 3 aromatic heterocycles. The molecule has 11 N–H and O–H groups in total. The topological polar surface area (TPSA) is 362 Å². The summed E-state index contributed by atoms with van der Waals surface area (Å²) in [5.74, 6) is -0.269. The number of rotatable bonds is 11. The highest BCUT2D eigenvalue weighted by Crippen LogP contribution is 2.60. The summed E-state index contributed by atoms with van der Waals surface area (Å²) < 4.78 is 51.1. The van der Waals surface area contributed by atoms with Crippen molar-refractivity contribution in [1.29, 1.82) is 0 Å². The van der Waals surface area contributed by atoms with Gasteiger partial charge in [-0.25, -0.2) is 18.8 Å². The van der Waals surface area contributed by atoms with Crippen molar-refractivity contribution in [3.8, 4) is 0 Å². The highest BCUT2D eigenvalue weighted by Gasteiger charge is 2.47. The predicted molar refractivity (Wildman–Crippen MR) is 139 cm³/mol. The summed E-state index contributed by atoms with van der Waals surface area (Å²) in [5, 5.41) is 67.4. The summed E-state index contributed by atoms with van der Waals surface area (Å²) >= 11 is 0. The highest BCUT2D eigenvalue weighted by molar-refractivity contribution is 7.61. The van der Waals surface area contributed by atoms with Gasteiger partial charge < -0.3 is 55.6 Å². The van der Waals surface area contributed by atoms with Gasteiger partial charge in [-0.2, -0.15) is 9.29 Å². The number of nitrogens with one attached hydrogen (secondary N) is 1. The Morgan fingerprint density at radius 2 is 1.60 bits per heavy atom. The van der Waals surface area contributed by atoms with Gasteiger partial charge in [0.25, 0.3) is 5.56 Å². The minimum atomic E-state index is -5.39. The summed E-state index contributed by atoms with van der Waals surface area (Å²) in [7, 11) is -10.7. The third-order valence-corrected chi connectivity index (χ3v) is 9.31. The number of aliphatic hydroxyl groups is 6. The number of nitrogen functional groups attached to an aromatic ring is 1. The van der Waals surface area contributed by atoms with Gasteiger partial charge in [-0.15, -0.1) is 5.10 Å². The number of nitrogens with zero attached hydrogens (tertiary/aromatic N) is 6. The lowest BCUT2D eigenvalue weighted by Gasteiger charge is -2.39. The number of phosphoric ester groups is 2. The lowest BCUT2D eigenvalue weighted by molar-refractivity contribution is -0.254. The second-order valence-electron chi connectivity index (χ2n) is 9.82. The van der Waals surface area contributed by atoms with E-state index in [0.717, 1.165) is 21.8 Å². The van der Waals surface area contributed by atoms with Gasteiger partial charge in [0.2, 0.25) is 5.95 Å². The molecule has 2 fully saturated rings. The standard InChI is InChI=1S/C19H28N8O16P2/c20-19-22-15-9(16(34)23-19)21-5-26(15)17-13(32)11(30)8(42-17)4-40-45(37,38)43-44(35,36)39-3-6-1-27(25-24-6)18-14(33)12(31)10(29)7(2-28)41-18/h1,5,7-8,10-14,17-18,28-33H,2-4H2,(H,35,36)(H,37,38)(H3,20,22,23,34)/t7-,8-,10+,11-,12+,13-,14-,17-,18-/m1/s1. The molecule has 250 valence electrons. The fourth-order valence-electron chi connectivity index (χ4n) is 4.52. The number of fused-ring (bicyclic) bond motifs is 1. The molecule has 0 spiro atoms. The van der Waals surface area contributed by atoms with E-state index in [-0.39, 0.29) is 22.8 Å². The minimum absolute atomic E-state index is 0.100. The first kappa shape index (κ1) is 33.6. The molecular formula is C19H28N8O16P2. The maximum atomic E-state index is 12.4. The molecular weight excluding hydrogens is 658 g/mol. The highest BCUT2D eigenvalue weighted by atomic mass is 31.3. The Kier molecular flexibility index (Phi) is 9.55. The fourth-order valence-corrected chi connectivity index (χ4v) is 6.57. The zero-order valence-corrected chi connectivity index (χ0v) is 24.3. The van der Waals surface area contributed by atoms with Crippen molar-refractivity contribution in [3.05, 3.63) is 28.6 Å². The van der Waals surface area contributed by atoms with Crippen LogP contribution in [0, 0.1) is 0 Å². The number of hydrogen-bond acceptors (Lipinski definition) is 19. The van der Waals surface area contributed by atoms with Gasteiger partial charge in [0.1, 0.15) is 55.0 Å². The lowest BCUT2D eigenvalue weighted by Crippen LogP contribution is -2.56. The second-order valence-corrected chi connectivity index (χ2v) is 12.9. The molecule has 24 nitrogen and oxygen atoms in total. The molecule has 0 aromatic carbocycles. The predicted octanol–water partition coefficient (Wildman–Crippen LogP) is -4.66. The number of H-pyrrole nitrogens is 1. The normalized spacial score (nSPS) is 33.3. The molecule has 0 amide bonds. The summed E-state index contributed by atoms with van der Waals surface area (Å²) in [4.78, 5) is 42.0. The third-order valence-electron chi connectivity index (χ3n) is 6.73. The van der Waals surface area contributed by atoms with E-state index in [1.54, 1.807) is 0 Å². The second kappa shape index (κ2) is 12.8. The van der Waals surface area contributed by atoms with E-state index in [9.17, 15) is 54.4 Å². The van der Waals surface area contributed by atoms with Gasteiger partial charge in [0.05, 0.1) is 25.7 Å². The largest absolute Gasteiger partial charge is 0.481 e. The lowest BCUT2D eigenvalue weighted by atomic mass is 9.98. The maximum Gasteiger partial charge on any atom is 0.481 e. The van der Waals surface area contributed by atoms with Crippen molar-refractivity contribution in [2.75, 3.05) is 18.9 Å². The van der Waals surface area contributed by atoms with Crippen molar-refractivity contribution in [2.24, 2.45) is 0 Å². The Balaban J connectivity index is 1.16. The van der Waals surface area contributed by atoms with Crippen LogP contribution in [0.5, 0.6) is 0 Å². The van der Waals surface area contributed by atoms with E-state index >= 15 is 0 Å². The van der Waals surface area contributed by atoms with Gasteiger partial charge in [-0.3, -0.25) is 23.4 Å². The van der Waals surface area contributed by atoms with Crippen LogP contribution in [0.15, 0.2) is 17.3 Å². The summed E-state index contributed by atoms with van der Waals surface area (Å²) in [5.41, 5.74) is 4.42. The minimum Gasteiger partial charge on any atom is -0.394 e. The zero-order chi connectivity index (χ0) is 32.8. The summed E-state index contributed by atoms with van der Waals surface area (Å²) in [6, 6.07) is 0. The number of aromatic amines is 1. The van der Waals surface area contributed by atoms with Crippen molar-refractivity contribution >= 4 is 32.8 Å². The van der Waals surface area contributed by atoms with Gasteiger partial charge in [0.15, 0.2) is 23.6 Å². The van der Waals surface area contributed by atoms with Crippen LogP contribution in [0.1, 0.15) is 18.1 Å². The maximum absolute atomic E-state index is 12.4. The Morgan fingerprint density at radius 3 is 2.31 bits per heavy atom. The van der Waals surface area contributed by atoms with Gasteiger partial charge in [0, 0.05) is 0 Å². The Bertz CT molecular complexity index is 1670. The molecule has 2 aliphatic rings. The fraction of sp³-hybridized carbons (Fsp3) is 0.632. The number of aromatic nitrogens is 7. The van der Waals surface area contributed by atoms with E-state index in [2.05, 4.69) is 38.6 Å². The Hall–Kier alpha value is -2.77. The monoisotopic (exact) mass is 686 g/mol. The number of ether oxygens (including phenoxy) is 2. The quantitative estimate of drug-likeness (QED) is 0.0847. The van der Waals surface area contributed by atoms with E-state index in [1.807, 2.05) is 0 Å². The van der Waals surface area contributed by atoms with Crippen LogP contribution in [-0.2, 0) is 38.6 Å². The molecule has 5 rings (SSSR count). The van der Waals surface area contributed by atoms with Crippen molar-refractivity contribution in [3.63, 3.8) is 0 Å². The first-order chi connectivity index (χ1) is 21.1. The first-order valence-corrected chi connectivity index (χ1v) is 15.7. The third kappa shape index (κ3) is 7.00. The number of imidazole rings is 1. The average molecular weight is 686 g/mol. The SMILES string of the molecule is Nc1nc2c(ncn2[C@@H]2O[C@H](COP(=O)(O)OP(=O)(O)OCc3cn([C@@H]4O[C@H](CO)[C@H](O)[C@H](O)[C@H]4O)nn3)[C@@H](O)[C@H]2O)c(=O)[nH]1. The van der Waals surface area contributed by atoms with Crippen LogP contribution >= 0.6 is 15.6 Å². The molecule has 26 heteroatoms. The van der Waals surface area contributed by atoms with Gasteiger partial charge >= 0.3 is 15.6 Å². The van der Waals surface area contributed by atoms with Crippen LogP contribution in [0.3, 0.4) is 0 Å². The number of hydrogen-bond donors (Lipinski definition) is 10. The van der Waals surface area contributed by atoms with Crippen molar-refractivity contribution in [2.45, 2.75) is 61.8 Å². The van der Waals surface area contributed by atoms with Crippen molar-refractivity contribution in [1.82, 2.24) is 34.5 Å². The summed E-state index contributed by atoms with van der Waals surface area (Å²) in [6.45, 7) is -2.49. The average Bonchev–Trinajstić information content (AvgIpc) is 3.68. The molecule has 45 heavy (non-hydrogen) atoms. The molecule has 5 heterocycles. The molecule has 2 unspecified atom stereocenters. The Labute approximate surface area is 249 Å². The molecule has 0 bridgehead atoms. The van der Waals surface area contributed by atoms with Gasteiger partial charge in [-0.1, -0.05) is 5.21 Å². The van der Waals surface area contributed by atoms with Gasteiger partial charge in [-0.05, 0) is 0 Å². The zero-order valence-electron chi connectivity index (χ0n) is 22.5. The molecule has 0 saturated carbocycles. The van der Waals surface area contributed by atoms with E-state index in [0.29, 0.717) is 0 Å². The molecule has 0 aliphatic carbocycles. The summed E-state index contributed by atoms with van der Waals surface area (Å²) in [6.07, 6.45) is -11.9. The van der Waals surface area contributed by atoms with Crippen molar-refractivity contribution < 1.29 is 72.4 Å². The van der Waals surface area contributed by atoms with E-state index in [4.69, 9.17) is 15.2 Å². The molecule has 3 aromatic rings. The Morgan fingerprint density at radius 1 is 0.956 bits per heavy atom. The number of aliphatic hydroxyl groups excluding tert-OH is 6. The smallest absolute Gasteiger partial charge is 0.394 e. The number of anilines is 1. The van der Waals surface area contributed by atoms with Crippen LogP contribution in [0.25, 0.3) is 11.2 Å². The van der Waals surface area contributed by atoms with Crippen LogP contribution < -0.4 is 11.3 Å². The number of nitrogens with two attached hydrogens (primary N) is 1. The molecule has 2 saturated heterocycles. The van der Waals surface area contributed by atoms with E-state index in [1.165, 1.54) is 0 Å². The van der Waals surface area contributed by atoms with Crippen LogP contribution in [0.2, 0.25) is 0 Å². The van der Waals surface area contributed by atoms with Crippen LogP contribution in [-0.4, -0.2) is 131 Å². The molecule has 11 atom stereocenters. The van der Waals surface area contributed by atoms with E-state index < -0.39 is 96.2 Å². The van der Waals surface area contributed by atoms with Crippen LogP contribution in [0.4, 0.5) is 5.95 Å².